The van der Waals surface area contributed by atoms with Crippen molar-refractivity contribution in [1.29, 1.82) is 0 Å². The summed E-state index contributed by atoms with van der Waals surface area (Å²) in [7, 11) is 1.80. The van der Waals surface area contributed by atoms with E-state index in [0.717, 1.165) is 17.0 Å². The smallest absolute Gasteiger partial charge is 0.176 e. The predicted molar refractivity (Wildman–Crippen MR) is 48.6 cm³/mol. The van der Waals surface area contributed by atoms with Crippen LogP contribution in [0.25, 0.3) is 11.2 Å². The zero-order valence-electron chi connectivity index (χ0n) is 6.38. The number of imidazole rings is 1. The van der Waals surface area contributed by atoms with Gasteiger partial charge in [-0.2, -0.15) is 0 Å². The molecule has 3 N–H and O–H groups in total. The van der Waals surface area contributed by atoms with E-state index in [1.165, 1.54) is 6.33 Å². The molecule has 0 bridgehead atoms. The minimum atomic E-state index is 0.557. The number of H-pyrrole nitrogens is 2. The van der Waals surface area contributed by atoms with Gasteiger partial charge in [-0.05, 0) is 12.2 Å². The van der Waals surface area contributed by atoms with Gasteiger partial charge in [-0.1, -0.05) is 0 Å². The molecule has 0 aliphatic heterocycles. The first-order valence-electron chi connectivity index (χ1n) is 3.42. The van der Waals surface area contributed by atoms with Gasteiger partial charge in [-0.25, -0.2) is 9.97 Å². The van der Waals surface area contributed by atoms with E-state index < -0.39 is 0 Å². The van der Waals surface area contributed by atoms with Gasteiger partial charge in [0.05, 0.1) is 0 Å². The fraction of sp³-hybridized carbons (Fsp3) is 0.167. The molecular weight excluding hydrogens is 174 g/mol. The fourth-order valence-corrected chi connectivity index (χ4v) is 1.24. The van der Waals surface area contributed by atoms with Crippen molar-refractivity contribution in [2.75, 3.05) is 12.4 Å². The summed E-state index contributed by atoms with van der Waals surface area (Å²) in [5.74, 6) is 0.743. The Morgan fingerprint density at radius 2 is 2.25 bits per heavy atom. The van der Waals surface area contributed by atoms with Gasteiger partial charge in [-0.3, -0.25) is 0 Å². The maximum Gasteiger partial charge on any atom is 0.176 e. The second kappa shape index (κ2) is 2.56. The molecule has 0 saturated carbocycles. The Bertz CT molecular complexity index is 456. The molecule has 5 nitrogen and oxygen atoms in total. The quantitative estimate of drug-likeness (QED) is 0.575. The highest BCUT2D eigenvalue weighted by atomic mass is 32.1. The van der Waals surface area contributed by atoms with Gasteiger partial charge >= 0.3 is 0 Å². The van der Waals surface area contributed by atoms with E-state index in [1.807, 2.05) is 0 Å². The third kappa shape index (κ3) is 0.964. The van der Waals surface area contributed by atoms with Crippen LogP contribution in [-0.2, 0) is 0 Å². The minimum absolute atomic E-state index is 0.557. The van der Waals surface area contributed by atoms with E-state index in [2.05, 4.69) is 25.3 Å². The highest BCUT2D eigenvalue weighted by Gasteiger charge is 2.02. The van der Waals surface area contributed by atoms with Gasteiger partial charge in [-0.15, -0.1) is 0 Å². The standard InChI is InChI=1S/C6H7N5S/c1-7-4-3-5(9-2-8-4)11-6(12)10-3/h2H,1H3,(H3,7,8,9,10,11,12). The van der Waals surface area contributed by atoms with Gasteiger partial charge in [0.2, 0.25) is 0 Å². The lowest BCUT2D eigenvalue weighted by atomic mass is 10.5. The van der Waals surface area contributed by atoms with Crippen LogP contribution < -0.4 is 5.32 Å². The Kier molecular flexibility index (Phi) is 1.54. The average molecular weight is 181 g/mol. The van der Waals surface area contributed by atoms with E-state index in [1.54, 1.807) is 7.05 Å². The molecule has 0 spiro atoms. The summed E-state index contributed by atoms with van der Waals surface area (Å²) < 4.78 is 0.557. The molecule has 0 saturated heterocycles. The Hall–Kier alpha value is -1.43. The van der Waals surface area contributed by atoms with Crippen LogP contribution in [0, 0.1) is 4.77 Å². The molecule has 0 amide bonds. The van der Waals surface area contributed by atoms with Gasteiger partial charge < -0.3 is 15.3 Å². The summed E-state index contributed by atoms with van der Waals surface area (Å²) >= 11 is 4.91. The Morgan fingerprint density at radius 3 is 3.00 bits per heavy atom. The van der Waals surface area contributed by atoms with Gasteiger partial charge in [0.25, 0.3) is 0 Å². The first-order chi connectivity index (χ1) is 5.81. The van der Waals surface area contributed by atoms with Gasteiger partial charge in [0.1, 0.15) is 11.8 Å². The highest BCUT2D eigenvalue weighted by Crippen LogP contribution is 2.13. The lowest BCUT2D eigenvalue weighted by Gasteiger charge is -1.96. The van der Waals surface area contributed by atoms with Crippen molar-refractivity contribution in [2.45, 2.75) is 0 Å². The van der Waals surface area contributed by atoms with Crippen molar-refractivity contribution in [3.63, 3.8) is 0 Å². The molecule has 12 heavy (non-hydrogen) atoms. The number of fused-ring (bicyclic) bond motifs is 1. The first kappa shape index (κ1) is 7.23. The fourth-order valence-electron chi connectivity index (χ4n) is 1.04. The molecule has 0 fully saturated rings. The number of anilines is 1. The predicted octanol–water partition coefficient (Wildman–Crippen LogP) is 1.06. The second-order valence-electron chi connectivity index (χ2n) is 2.28. The number of aromatic nitrogens is 4. The van der Waals surface area contributed by atoms with Crippen LogP contribution >= 0.6 is 12.2 Å². The molecule has 0 unspecified atom stereocenters. The van der Waals surface area contributed by atoms with Crippen LogP contribution in [0.3, 0.4) is 0 Å². The summed E-state index contributed by atoms with van der Waals surface area (Å²) in [5, 5.41) is 2.93. The van der Waals surface area contributed by atoms with Crippen molar-refractivity contribution in [3.05, 3.63) is 11.1 Å². The number of aromatic amines is 2. The Balaban J connectivity index is 2.87. The minimum Gasteiger partial charge on any atom is -0.371 e. The van der Waals surface area contributed by atoms with Gasteiger partial charge in [0.15, 0.2) is 16.2 Å². The van der Waals surface area contributed by atoms with Crippen LogP contribution in [0.4, 0.5) is 5.82 Å². The molecule has 2 aromatic heterocycles. The Labute approximate surface area is 73.3 Å². The lowest BCUT2D eigenvalue weighted by molar-refractivity contribution is 1.19. The molecule has 0 radical (unpaired) electrons. The summed E-state index contributed by atoms with van der Waals surface area (Å²) in [5.41, 5.74) is 1.53. The SMILES string of the molecule is CNc1ncnc2[nH]c(=S)[nH]c12. The molecular formula is C6H7N5S. The van der Waals surface area contributed by atoms with Crippen molar-refractivity contribution < 1.29 is 0 Å². The van der Waals surface area contributed by atoms with E-state index in [9.17, 15) is 0 Å². The number of nitrogens with zero attached hydrogens (tertiary/aromatic N) is 2. The molecule has 2 heterocycles. The molecule has 2 aromatic rings. The van der Waals surface area contributed by atoms with Crippen LogP contribution in [-0.4, -0.2) is 27.0 Å². The van der Waals surface area contributed by atoms with Gasteiger partial charge in [0, 0.05) is 7.05 Å². The molecule has 6 heteroatoms. The Morgan fingerprint density at radius 1 is 1.42 bits per heavy atom. The summed E-state index contributed by atoms with van der Waals surface area (Å²) in [6.07, 6.45) is 1.48. The maximum atomic E-state index is 4.91. The summed E-state index contributed by atoms with van der Waals surface area (Å²) in [6, 6.07) is 0. The molecule has 0 aromatic carbocycles. The lowest BCUT2D eigenvalue weighted by Crippen LogP contribution is -1.93. The zero-order chi connectivity index (χ0) is 8.55. The molecule has 2 rings (SSSR count). The summed E-state index contributed by atoms with van der Waals surface area (Å²) in [6.45, 7) is 0. The molecule has 0 aliphatic carbocycles. The number of hydrogen-bond donors (Lipinski definition) is 3. The average Bonchev–Trinajstić information content (AvgIpc) is 2.44. The van der Waals surface area contributed by atoms with Crippen LogP contribution in [0.5, 0.6) is 0 Å². The highest BCUT2D eigenvalue weighted by molar-refractivity contribution is 7.71. The van der Waals surface area contributed by atoms with E-state index in [4.69, 9.17) is 12.2 Å². The van der Waals surface area contributed by atoms with Crippen molar-refractivity contribution in [3.8, 4) is 0 Å². The third-order valence-electron chi connectivity index (χ3n) is 1.55. The normalized spacial score (nSPS) is 10.4. The molecule has 62 valence electrons. The first-order valence-corrected chi connectivity index (χ1v) is 3.83. The topological polar surface area (TPSA) is 69.4 Å². The van der Waals surface area contributed by atoms with Crippen molar-refractivity contribution >= 4 is 29.2 Å². The maximum absolute atomic E-state index is 4.91. The van der Waals surface area contributed by atoms with E-state index in [0.29, 0.717) is 4.77 Å². The third-order valence-corrected chi connectivity index (χ3v) is 1.76. The van der Waals surface area contributed by atoms with E-state index >= 15 is 0 Å². The van der Waals surface area contributed by atoms with Crippen LogP contribution in [0.2, 0.25) is 0 Å². The second-order valence-corrected chi connectivity index (χ2v) is 2.68. The largest absolute Gasteiger partial charge is 0.371 e. The monoisotopic (exact) mass is 181 g/mol. The molecule has 0 atom stereocenters. The number of nitrogens with one attached hydrogen (secondary N) is 3. The van der Waals surface area contributed by atoms with E-state index in [-0.39, 0.29) is 0 Å². The number of rotatable bonds is 1. The van der Waals surface area contributed by atoms with Crippen LogP contribution in [0.15, 0.2) is 6.33 Å². The summed E-state index contributed by atoms with van der Waals surface area (Å²) in [4.78, 5) is 13.9. The number of hydrogen-bond acceptors (Lipinski definition) is 4. The molecule has 0 aliphatic rings. The van der Waals surface area contributed by atoms with Crippen molar-refractivity contribution in [2.24, 2.45) is 0 Å². The van der Waals surface area contributed by atoms with Crippen molar-refractivity contribution in [1.82, 2.24) is 19.9 Å². The zero-order valence-corrected chi connectivity index (χ0v) is 7.20. The van der Waals surface area contributed by atoms with Crippen LogP contribution in [0.1, 0.15) is 0 Å².